The van der Waals surface area contributed by atoms with Gasteiger partial charge in [-0.3, -0.25) is 4.79 Å². The standard InChI is InChI=1S/C17H24N2O2/c1-19-10-7-13(12-19)11-18-16(20)17(8-9-17)14-3-5-15(21-2)6-4-14/h3-6,13H,7-12H2,1-2H3,(H,18,20). The lowest BCUT2D eigenvalue weighted by molar-refractivity contribution is -0.123. The molecule has 0 radical (unpaired) electrons. The van der Waals surface area contributed by atoms with Crippen LogP contribution in [0.3, 0.4) is 0 Å². The first-order valence-corrected chi connectivity index (χ1v) is 7.75. The van der Waals surface area contributed by atoms with Crippen molar-refractivity contribution in [1.82, 2.24) is 10.2 Å². The van der Waals surface area contributed by atoms with E-state index in [9.17, 15) is 4.79 Å². The van der Waals surface area contributed by atoms with Crippen LogP contribution in [0.5, 0.6) is 5.75 Å². The molecule has 0 spiro atoms. The quantitative estimate of drug-likeness (QED) is 0.898. The van der Waals surface area contributed by atoms with E-state index in [0.29, 0.717) is 5.92 Å². The predicted octanol–water partition coefficient (Wildman–Crippen LogP) is 1.79. The van der Waals surface area contributed by atoms with Crippen molar-refractivity contribution in [2.24, 2.45) is 5.92 Å². The van der Waals surface area contributed by atoms with Crippen LogP contribution < -0.4 is 10.1 Å². The molecular formula is C17H24N2O2. The molecule has 0 aromatic heterocycles. The van der Waals surface area contributed by atoms with Crippen LogP contribution in [0.15, 0.2) is 24.3 Å². The average Bonchev–Trinajstić information content (AvgIpc) is 3.22. The Kier molecular flexibility index (Phi) is 3.89. The summed E-state index contributed by atoms with van der Waals surface area (Å²) < 4.78 is 5.18. The maximum absolute atomic E-state index is 12.6. The lowest BCUT2D eigenvalue weighted by atomic mass is 9.94. The Bertz CT molecular complexity index is 508. The fraction of sp³-hybridized carbons (Fsp3) is 0.588. The Hall–Kier alpha value is -1.55. The van der Waals surface area contributed by atoms with E-state index < -0.39 is 0 Å². The highest BCUT2D eigenvalue weighted by atomic mass is 16.5. The van der Waals surface area contributed by atoms with Crippen molar-refractivity contribution in [1.29, 1.82) is 0 Å². The van der Waals surface area contributed by atoms with Gasteiger partial charge >= 0.3 is 0 Å². The van der Waals surface area contributed by atoms with Crippen molar-refractivity contribution in [3.8, 4) is 5.75 Å². The number of nitrogens with one attached hydrogen (secondary N) is 1. The number of rotatable bonds is 5. The molecule has 1 saturated carbocycles. The molecule has 1 aromatic carbocycles. The van der Waals surface area contributed by atoms with Gasteiger partial charge in [0.1, 0.15) is 5.75 Å². The molecule has 114 valence electrons. The SMILES string of the molecule is COc1ccc(C2(C(=O)NCC3CCN(C)C3)CC2)cc1. The second-order valence-electron chi connectivity index (χ2n) is 6.44. The summed E-state index contributed by atoms with van der Waals surface area (Å²) in [5.41, 5.74) is 0.834. The van der Waals surface area contributed by atoms with Gasteiger partial charge in [0.15, 0.2) is 0 Å². The van der Waals surface area contributed by atoms with Gasteiger partial charge in [0.25, 0.3) is 0 Å². The maximum Gasteiger partial charge on any atom is 0.230 e. The van der Waals surface area contributed by atoms with Crippen LogP contribution in [-0.2, 0) is 10.2 Å². The van der Waals surface area contributed by atoms with E-state index in [0.717, 1.165) is 43.8 Å². The van der Waals surface area contributed by atoms with Gasteiger partial charge in [0, 0.05) is 13.1 Å². The zero-order valence-electron chi connectivity index (χ0n) is 12.9. The van der Waals surface area contributed by atoms with Gasteiger partial charge in [-0.05, 0) is 56.5 Å². The minimum Gasteiger partial charge on any atom is -0.497 e. The predicted molar refractivity (Wildman–Crippen MR) is 82.5 cm³/mol. The summed E-state index contributed by atoms with van der Waals surface area (Å²) in [6.07, 6.45) is 3.10. The maximum atomic E-state index is 12.6. The molecule has 21 heavy (non-hydrogen) atoms. The molecule has 1 heterocycles. The Morgan fingerprint density at radius 1 is 1.38 bits per heavy atom. The molecule has 4 nitrogen and oxygen atoms in total. The zero-order valence-corrected chi connectivity index (χ0v) is 12.9. The molecule has 1 N–H and O–H groups in total. The second-order valence-corrected chi connectivity index (χ2v) is 6.44. The number of nitrogens with zero attached hydrogens (tertiary/aromatic N) is 1. The highest BCUT2D eigenvalue weighted by molar-refractivity contribution is 5.91. The van der Waals surface area contributed by atoms with E-state index in [-0.39, 0.29) is 11.3 Å². The van der Waals surface area contributed by atoms with Crippen LogP contribution in [0.2, 0.25) is 0 Å². The van der Waals surface area contributed by atoms with E-state index in [1.54, 1.807) is 7.11 Å². The molecule has 0 bridgehead atoms. The normalized spacial score (nSPS) is 23.8. The Morgan fingerprint density at radius 2 is 2.10 bits per heavy atom. The smallest absolute Gasteiger partial charge is 0.230 e. The lowest BCUT2D eigenvalue weighted by Crippen LogP contribution is -2.38. The minimum atomic E-state index is -0.281. The van der Waals surface area contributed by atoms with Gasteiger partial charge in [0.2, 0.25) is 5.91 Å². The van der Waals surface area contributed by atoms with Crippen LogP contribution in [0.1, 0.15) is 24.8 Å². The largest absolute Gasteiger partial charge is 0.497 e. The molecular weight excluding hydrogens is 264 g/mol. The Labute approximate surface area is 126 Å². The first kappa shape index (κ1) is 14.4. The Morgan fingerprint density at radius 3 is 2.62 bits per heavy atom. The molecule has 1 atom stereocenters. The fourth-order valence-corrected chi connectivity index (χ4v) is 3.28. The number of likely N-dealkylation sites (tertiary alicyclic amines) is 1. The van der Waals surface area contributed by atoms with Crippen molar-refractivity contribution in [2.75, 3.05) is 33.8 Å². The van der Waals surface area contributed by atoms with Gasteiger partial charge in [-0.25, -0.2) is 0 Å². The first-order chi connectivity index (χ1) is 10.1. The molecule has 2 fully saturated rings. The highest BCUT2D eigenvalue weighted by Crippen LogP contribution is 2.48. The molecule has 1 aromatic rings. The van der Waals surface area contributed by atoms with E-state index in [1.807, 2.05) is 24.3 Å². The lowest BCUT2D eigenvalue weighted by Gasteiger charge is -2.18. The third-order valence-electron chi connectivity index (χ3n) is 4.87. The van der Waals surface area contributed by atoms with Crippen molar-refractivity contribution in [2.45, 2.75) is 24.7 Å². The number of methoxy groups -OCH3 is 1. The van der Waals surface area contributed by atoms with Gasteiger partial charge < -0.3 is 15.0 Å². The van der Waals surface area contributed by atoms with Crippen LogP contribution in [0.4, 0.5) is 0 Å². The molecule has 1 amide bonds. The average molecular weight is 288 g/mol. The number of carbonyl (C=O) groups is 1. The summed E-state index contributed by atoms with van der Waals surface area (Å²) in [5.74, 6) is 1.64. The third kappa shape index (κ3) is 2.91. The van der Waals surface area contributed by atoms with Gasteiger partial charge in [-0.15, -0.1) is 0 Å². The zero-order chi connectivity index (χ0) is 14.9. The third-order valence-corrected chi connectivity index (χ3v) is 4.87. The summed E-state index contributed by atoms with van der Waals surface area (Å²) in [5, 5.41) is 3.18. The highest BCUT2D eigenvalue weighted by Gasteiger charge is 2.51. The van der Waals surface area contributed by atoms with E-state index in [1.165, 1.54) is 6.42 Å². The van der Waals surface area contributed by atoms with Crippen LogP contribution in [0.25, 0.3) is 0 Å². The van der Waals surface area contributed by atoms with Crippen LogP contribution >= 0.6 is 0 Å². The number of amides is 1. The summed E-state index contributed by atoms with van der Waals surface area (Å²) in [6.45, 7) is 3.04. The topological polar surface area (TPSA) is 41.6 Å². The summed E-state index contributed by atoms with van der Waals surface area (Å²) in [4.78, 5) is 14.9. The van der Waals surface area contributed by atoms with Crippen LogP contribution in [0, 0.1) is 5.92 Å². The fourth-order valence-electron chi connectivity index (χ4n) is 3.28. The number of ether oxygens (including phenoxy) is 1. The molecule has 4 heteroatoms. The van der Waals surface area contributed by atoms with Crippen molar-refractivity contribution in [3.63, 3.8) is 0 Å². The number of hydrogen-bond acceptors (Lipinski definition) is 3. The monoisotopic (exact) mass is 288 g/mol. The van der Waals surface area contributed by atoms with Crippen molar-refractivity contribution in [3.05, 3.63) is 29.8 Å². The molecule has 1 aliphatic carbocycles. The van der Waals surface area contributed by atoms with Crippen molar-refractivity contribution < 1.29 is 9.53 Å². The summed E-state index contributed by atoms with van der Waals surface area (Å²) >= 11 is 0. The molecule has 3 rings (SSSR count). The number of benzene rings is 1. The summed E-state index contributed by atoms with van der Waals surface area (Å²) in [7, 11) is 3.80. The van der Waals surface area contributed by atoms with Crippen LogP contribution in [-0.4, -0.2) is 44.6 Å². The van der Waals surface area contributed by atoms with E-state index in [2.05, 4.69) is 17.3 Å². The summed E-state index contributed by atoms with van der Waals surface area (Å²) in [6, 6.07) is 7.92. The van der Waals surface area contributed by atoms with Gasteiger partial charge in [0.05, 0.1) is 12.5 Å². The molecule has 1 saturated heterocycles. The van der Waals surface area contributed by atoms with Gasteiger partial charge in [-0.1, -0.05) is 12.1 Å². The van der Waals surface area contributed by atoms with Gasteiger partial charge in [-0.2, -0.15) is 0 Å². The molecule has 1 aliphatic heterocycles. The molecule has 2 aliphatic rings. The van der Waals surface area contributed by atoms with E-state index in [4.69, 9.17) is 4.74 Å². The number of carbonyl (C=O) groups excluding carboxylic acids is 1. The first-order valence-electron chi connectivity index (χ1n) is 7.75. The van der Waals surface area contributed by atoms with Crippen molar-refractivity contribution >= 4 is 5.91 Å². The number of hydrogen-bond donors (Lipinski definition) is 1. The minimum absolute atomic E-state index is 0.196. The second kappa shape index (κ2) is 5.68. The van der Waals surface area contributed by atoms with E-state index >= 15 is 0 Å². The Balaban J connectivity index is 1.60. The molecule has 1 unspecified atom stereocenters.